The van der Waals surface area contributed by atoms with Crippen molar-refractivity contribution in [2.24, 2.45) is 0 Å². The third-order valence-electron chi connectivity index (χ3n) is 2.36. The maximum absolute atomic E-state index is 11.3. The highest BCUT2D eigenvalue weighted by molar-refractivity contribution is 7.85. The second-order valence-electron chi connectivity index (χ2n) is 3.78. The molecule has 18 heavy (non-hydrogen) atoms. The number of halogens is 1. The Labute approximate surface area is 114 Å². The Morgan fingerprint density at radius 1 is 1.44 bits per heavy atom. The number of ether oxygens (including phenoxy) is 1. The largest absolute Gasteiger partial charge is 0.492 e. The highest BCUT2D eigenvalue weighted by atomic mass is 35.5. The van der Waals surface area contributed by atoms with Gasteiger partial charge in [0.15, 0.2) is 5.56 Å². The molecule has 4 nitrogen and oxygen atoms in total. The summed E-state index contributed by atoms with van der Waals surface area (Å²) in [5.74, 6) is 1.34. The third-order valence-corrected chi connectivity index (χ3v) is 3.87. The fourth-order valence-electron chi connectivity index (χ4n) is 1.43. The Balaban J connectivity index is 2.50. The van der Waals surface area contributed by atoms with Crippen molar-refractivity contribution >= 4 is 22.4 Å². The number of rotatable bonds is 7. The molecule has 1 rings (SSSR count). The van der Waals surface area contributed by atoms with E-state index in [0.717, 1.165) is 5.56 Å². The molecule has 2 N–H and O–H groups in total. The van der Waals surface area contributed by atoms with E-state index in [9.17, 15) is 9.32 Å². The van der Waals surface area contributed by atoms with Gasteiger partial charge in [-0.25, -0.2) is 0 Å². The molecule has 0 heterocycles. The van der Waals surface area contributed by atoms with E-state index in [4.69, 9.17) is 21.4 Å². The predicted octanol–water partition coefficient (Wildman–Crippen LogP) is 1.34. The van der Waals surface area contributed by atoms with Crippen molar-refractivity contribution in [3.63, 3.8) is 0 Å². The van der Waals surface area contributed by atoms with E-state index in [2.05, 4.69) is 0 Å². The van der Waals surface area contributed by atoms with Gasteiger partial charge in [0.2, 0.25) is 0 Å². The van der Waals surface area contributed by atoms with Gasteiger partial charge in [0.25, 0.3) is 0 Å². The smallest absolute Gasteiger partial charge is 0.153 e. The van der Waals surface area contributed by atoms with Crippen LogP contribution in [0.4, 0.5) is 0 Å². The second-order valence-corrected chi connectivity index (χ2v) is 5.89. The zero-order chi connectivity index (χ0) is 13.5. The standard InChI is InChI=1S/C12H17ClO4S/c1-9-8-10(12(13)15)2-3-11(9)17-5-7-18(16)6-4-14/h2-3,8,12,14-15H,4-7H2,1H3. The van der Waals surface area contributed by atoms with Crippen molar-refractivity contribution in [1.29, 1.82) is 0 Å². The number of hydrogen-bond acceptors (Lipinski definition) is 4. The summed E-state index contributed by atoms with van der Waals surface area (Å²) < 4.78 is 16.8. The van der Waals surface area contributed by atoms with Gasteiger partial charge in [-0.1, -0.05) is 17.7 Å². The van der Waals surface area contributed by atoms with E-state index in [1.54, 1.807) is 18.2 Å². The molecule has 0 aliphatic rings. The summed E-state index contributed by atoms with van der Waals surface area (Å²) in [5.41, 5.74) is 0.459. The van der Waals surface area contributed by atoms with Crippen molar-refractivity contribution in [3.8, 4) is 5.75 Å². The minimum atomic E-state index is -1.05. The highest BCUT2D eigenvalue weighted by Crippen LogP contribution is 2.24. The summed E-state index contributed by atoms with van der Waals surface area (Å²) in [7, 11) is -1.05. The third kappa shape index (κ3) is 4.94. The summed E-state index contributed by atoms with van der Waals surface area (Å²) >= 11 is 5.56. The number of benzene rings is 1. The lowest BCUT2D eigenvalue weighted by molar-refractivity contribution is 0.262. The van der Waals surface area contributed by atoms with Crippen LogP contribution in [0.2, 0.25) is 0 Å². The Hall–Kier alpha value is -0.620. The van der Waals surface area contributed by atoms with Crippen molar-refractivity contribution in [3.05, 3.63) is 29.3 Å². The summed E-state index contributed by atoms with van der Waals surface area (Å²) in [5, 5.41) is 17.8. The number of hydrogen-bond donors (Lipinski definition) is 2. The quantitative estimate of drug-likeness (QED) is 0.745. The van der Waals surface area contributed by atoms with Gasteiger partial charge in [0, 0.05) is 16.6 Å². The molecular formula is C12H17ClO4S. The van der Waals surface area contributed by atoms with Crippen molar-refractivity contribution < 1.29 is 19.2 Å². The van der Waals surface area contributed by atoms with Crippen LogP contribution in [-0.2, 0) is 10.8 Å². The molecule has 0 spiro atoms. The van der Waals surface area contributed by atoms with Crippen molar-refractivity contribution in [1.82, 2.24) is 0 Å². The first kappa shape index (κ1) is 15.4. The first-order valence-electron chi connectivity index (χ1n) is 5.56. The summed E-state index contributed by atoms with van der Waals surface area (Å²) in [6.07, 6.45) is 0. The minimum Gasteiger partial charge on any atom is -0.492 e. The van der Waals surface area contributed by atoms with E-state index in [-0.39, 0.29) is 12.4 Å². The molecule has 0 saturated heterocycles. The van der Waals surface area contributed by atoms with Gasteiger partial charge in [-0.05, 0) is 30.2 Å². The lowest BCUT2D eigenvalue weighted by Gasteiger charge is -2.11. The monoisotopic (exact) mass is 292 g/mol. The highest BCUT2D eigenvalue weighted by Gasteiger charge is 2.07. The molecule has 0 aromatic heterocycles. The van der Waals surface area contributed by atoms with Crippen LogP contribution in [-0.4, -0.2) is 39.1 Å². The van der Waals surface area contributed by atoms with E-state index in [1.807, 2.05) is 6.92 Å². The van der Waals surface area contributed by atoms with Crippen LogP contribution in [0.5, 0.6) is 5.75 Å². The number of aliphatic hydroxyl groups is 2. The minimum absolute atomic E-state index is 0.0754. The molecule has 0 amide bonds. The SMILES string of the molecule is Cc1cc(C(O)Cl)ccc1OCCS(=O)CCO. The Morgan fingerprint density at radius 3 is 2.72 bits per heavy atom. The molecule has 102 valence electrons. The van der Waals surface area contributed by atoms with Crippen LogP contribution in [0.15, 0.2) is 18.2 Å². The molecule has 0 saturated carbocycles. The fourth-order valence-corrected chi connectivity index (χ4v) is 2.24. The molecular weight excluding hydrogens is 276 g/mol. The molecule has 2 atom stereocenters. The van der Waals surface area contributed by atoms with Gasteiger partial charge < -0.3 is 14.9 Å². The Bertz CT molecular complexity index is 409. The molecule has 1 aromatic carbocycles. The zero-order valence-corrected chi connectivity index (χ0v) is 11.7. The average Bonchev–Trinajstić information content (AvgIpc) is 2.31. The van der Waals surface area contributed by atoms with Crippen molar-refractivity contribution in [2.45, 2.75) is 12.5 Å². The van der Waals surface area contributed by atoms with E-state index in [0.29, 0.717) is 23.7 Å². The molecule has 2 unspecified atom stereocenters. The second kappa shape index (κ2) is 7.74. The maximum Gasteiger partial charge on any atom is 0.153 e. The van der Waals surface area contributed by atoms with Gasteiger partial charge in [0.1, 0.15) is 5.75 Å². The van der Waals surface area contributed by atoms with Crippen molar-refractivity contribution in [2.75, 3.05) is 24.7 Å². The van der Waals surface area contributed by atoms with Gasteiger partial charge in [-0.3, -0.25) is 4.21 Å². The molecule has 6 heteroatoms. The molecule has 1 aromatic rings. The van der Waals surface area contributed by atoms with Gasteiger partial charge in [-0.15, -0.1) is 0 Å². The van der Waals surface area contributed by atoms with E-state index in [1.165, 1.54) is 0 Å². The van der Waals surface area contributed by atoms with Crippen LogP contribution in [0.3, 0.4) is 0 Å². The Morgan fingerprint density at radius 2 is 2.17 bits per heavy atom. The molecule has 0 radical (unpaired) electrons. The van der Waals surface area contributed by atoms with Gasteiger partial charge in [0.05, 0.1) is 19.0 Å². The van der Waals surface area contributed by atoms with E-state index < -0.39 is 16.4 Å². The predicted molar refractivity (Wildman–Crippen MR) is 72.4 cm³/mol. The first-order chi connectivity index (χ1) is 8.54. The molecule has 0 bridgehead atoms. The molecule has 0 aliphatic heterocycles. The molecule has 0 fully saturated rings. The van der Waals surface area contributed by atoms with Crippen LogP contribution in [0.1, 0.15) is 16.7 Å². The van der Waals surface area contributed by atoms with Gasteiger partial charge >= 0.3 is 0 Å². The van der Waals surface area contributed by atoms with Crippen LogP contribution in [0, 0.1) is 6.92 Å². The van der Waals surface area contributed by atoms with Gasteiger partial charge in [-0.2, -0.15) is 0 Å². The summed E-state index contributed by atoms with van der Waals surface area (Å²) in [6, 6.07) is 5.16. The topological polar surface area (TPSA) is 66.8 Å². The van der Waals surface area contributed by atoms with Crippen LogP contribution < -0.4 is 4.74 Å². The molecule has 0 aliphatic carbocycles. The summed E-state index contributed by atoms with van der Waals surface area (Å²) in [6.45, 7) is 2.10. The zero-order valence-electron chi connectivity index (χ0n) is 10.1. The maximum atomic E-state index is 11.3. The Kier molecular flexibility index (Phi) is 6.63. The first-order valence-corrected chi connectivity index (χ1v) is 7.48. The lowest BCUT2D eigenvalue weighted by atomic mass is 10.1. The van der Waals surface area contributed by atoms with E-state index >= 15 is 0 Å². The van der Waals surface area contributed by atoms with Crippen LogP contribution >= 0.6 is 11.6 Å². The lowest BCUT2D eigenvalue weighted by Crippen LogP contribution is -2.13. The fraction of sp³-hybridized carbons (Fsp3) is 0.500. The number of aryl methyl sites for hydroxylation is 1. The average molecular weight is 293 g/mol. The normalized spacial score (nSPS) is 14.2. The number of aliphatic hydroxyl groups excluding tert-OH is 2. The summed E-state index contributed by atoms with van der Waals surface area (Å²) in [4.78, 5) is 0. The number of alkyl halides is 1. The van der Waals surface area contributed by atoms with Crippen LogP contribution in [0.25, 0.3) is 0 Å².